The number of carboxylic acids is 1. The molecule has 2 atom stereocenters. The highest BCUT2D eigenvalue weighted by Gasteiger charge is 2.25. The van der Waals surface area contributed by atoms with Crippen molar-refractivity contribution in [1.82, 2.24) is 0 Å². The summed E-state index contributed by atoms with van der Waals surface area (Å²) < 4.78 is 23.1. The summed E-state index contributed by atoms with van der Waals surface area (Å²) in [5.41, 5.74) is 0. The number of likely N-dealkylation sites (N-methyl/N-ethyl adjacent to an activating group) is 1. The summed E-state index contributed by atoms with van der Waals surface area (Å²) in [6, 6.07) is 0. The van der Waals surface area contributed by atoms with Crippen LogP contribution in [-0.2, 0) is 33.3 Å². The molecule has 2 unspecified atom stereocenters. The average molecular weight is 1460 g/mol. The Hall–Kier alpha value is -5.61. The SMILES string of the molecule is CC/C=C\C/C=C\C/C=C\C/C=C\C/C=C\C/C=C\C/C=C\C/C=C\CCCCCCCCCCCCCCCCCCC(=O)OC(COC(=O)CCCCCCCCCCCCCCCCCCC/C=C\C/C=C\C/C=C\C/C=C\C/C=C\C/C=C\C/C=C\CC)COC(OCC[N+](C)(C)C)C(=O)O. The average Bonchev–Trinajstić information content (AvgIpc) is 1.18. The largest absolute Gasteiger partial charge is 0.477 e. The van der Waals surface area contributed by atoms with Crippen LogP contribution in [0.15, 0.2) is 182 Å². The van der Waals surface area contributed by atoms with Gasteiger partial charge in [-0.05, 0) is 135 Å². The maximum absolute atomic E-state index is 13.0. The van der Waals surface area contributed by atoms with E-state index in [1.807, 2.05) is 21.1 Å². The summed E-state index contributed by atoms with van der Waals surface area (Å²) in [6.07, 6.45) is 125. The molecule has 0 rings (SSSR count). The smallest absolute Gasteiger partial charge is 0.361 e. The van der Waals surface area contributed by atoms with Crippen molar-refractivity contribution in [2.75, 3.05) is 47.5 Å². The summed E-state index contributed by atoms with van der Waals surface area (Å²) in [5, 5.41) is 9.79. The lowest BCUT2D eigenvalue weighted by Gasteiger charge is -2.25. The molecule has 0 fully saturated rings. The van der Waals surface area contributed by atoms with Crippen LogP contribution in [0, 0.1) is 0 Å². The lowest BCUT2D eigenvalue weighted by Crippen LogP contribution is -2.40. The number of aliphatic carboxylic acids is 1. The number of unbranched alkanes of at least 4 members (excludes halogenated alkanes) is 33. The van der Waals surface area contributed by atoms with E-state index < -0.39 is 24.3 Å². The van der Waals surface area contributed by atoms with E-state index in [0.29, 0.717) is 23.9 Å². The number of carboxylic acid groups (broad SMARTS) is 1. The Morgan fingerprint density at radius 3 is 0.762 bits per heavy atom. The monoisotopic (exact) mass is 1460 g/mol. The topological polar surface area (TPSA) is 108 Å². The molecule has 0 aromatic heterocycles. The molecule has 0 bridgehead atoms. The number of hydrogen-bond donors (Lipinski definition) is 1. The molecule has 9 nitrogen and oxygen atoms in total. The molecule has 1 N–H and O–H groups in total. The normalized spacial score (nSPS) is 13.6. The molecule has 0 aromatic rings. The molecular weight excluding hydrogens is 1300 g/mol. The third-order valence-corrected chi connectivity index (χ3v) is 18.2. The lowest BCUT2D eigenvalue weighted by molar-refractivity contribution is -0.870. The minimum atomic E-state index is -1.52. The van der Waals surface area contributed by atoms with Crippen molar-refractivity contribution in [3.8, 4) is 0 Å². The molecule has 0 saturated heterocycles. The maximum Gasteiger partial charge on any atom is 0.361 e. The molecule has 9 heteroatoms. The molecule has 105 heavy (non-hydrogen) atoms. The van der Waals surface area contributed by atoms with Gasteiger partial charge in [0.25, 0.3) is 6.29 Å². The van der Waals surface area contributed by atoms with Crippen molar-refractivity contribution in [2.24, 2.45) is 0 Å². The van der Waals surface area contributed by atoms with Crippen molar-refractivity contribution in [2.45, 2.75) is 360 Å². The van der Waals surface area contributed by atoms with Crippen LogP contribution < -0.4 is 0 Å². The number of quaternary nitrogens is 1. The third kappa shape index (κ3) is 85.5. The highest BCUT2D eigenvalue weighted by molar-refractivity contribution is 5.71. The van der Waals surface area contributed by atoms with Gasteiger partial charge < -0.3 is 28.5 Å². The summed E-state index contributed by atoms with van der Waals surface area (Å²) in [7, 11) is 5.99. The van der Waals surface area contributed by atoms with E-state index in [4.69, 9.17) is 18.9 Å². The first-order chi connectivity index (χ1) is 51.6. The molecule has 596 valence electrons. The van der Waals surface area contributed by atoms with Crippen molar-refractivity contribution < 1.29 is 42.9 Å². The number of rotatable bonds is 78. The number of carbonyl (C=O) groups excluding carboxylic acids is 2. The quantitative estimate of drug-likeness (QED) is 0.0211. The van der Waals surface area contributed by atoms with Gasteiger partial charge >= 0.3 is 17.9 Å². The van der Waals surface area contributed by atoms with E-state index in [2.05, 4.69) is 196 Å². The minimum absolute atomic E-state index is 0.183. The lowest BCUT2D eigenvalue weighted by atomic mass is 10.0. The van der Waals surface area contributed by atoms with Gasteiger partial charge in [-0.15, -0.1) is 0 Å². The molecule has 0 aliphatic rings. The Bertz CT molecular complexity index is 2400. The van der Waals surface area contributed by atoms with Gasteiger partial charge in [-0.1, -0.05) is 382 Å². The zero-order valence-corrected chi connectivity index (χ0v) is 68.3. The Balaban J connectivity index is 4.02. The summed E-state index contributed by atoms with van der Waals surface area (Å²) in [4.78, 5) is 37.8. The van der Waals surface area contributed by atoms with Gasteiger partial charge in [0.05, 0.1) is 34.4 Å². The van der Waals surface area contributed by atoms with Gasteiger partial charge in [0.2, 0.25) is 0 Å². The fourth-order valence-electron chi connectivity index (χ4n) is 11.7. The van der Waals surface area contributed by atoms with Crippen LogP contribution in [0.5, 0.6) is 0 Å². The first kappa shape index (κ1) is 99.4. The van der Waals surface area contributed by atoms with Gasteiger partial charge in [-0.2, -0.15) is 0 Å². The molecule has 0 aliphatic carbocycles. The van der Waals surface area contributed by atoms with Crippen LogP contribution in [0.25, 0.3) is 0 Å². The number of carbonyl (C=O) groups is 3. The Kier molecular flexibility index (Phi) is 79.5. The fraction of sp³-hybridized carbons (Fsp3) is 0.656. The molecule has 0 spiro atoms. The van der Waals surface area contributed by atoms with E-state index in [-0.39, 0.29) is 32.2 Å². The third-order valence-electron chi connectivity index (χ3n) is 18.2. The van der Waals surface area contributed by atoms with Gasteiger partial charge in [0, 0.05) is 12.8 Å². The minimum Gasteiger partial charge on any atom is -0.477 e. The summed E-state index contributed by atoms with van der Waals surface area (Å²) in [6.45, 7) is 4.67. The molecule has 0 saturated carbocycles. The Morgan fingerprint density at radius 1 is 0.286 bits per heavy atom. The Morgan fingerprint density at radius 2 is 0.514 bits per heavy atom. The highest BCUT2D eigenvalue weighted by Crippen LogP contribution is 2.18. The molecule has 0 aliphatic heterocycles. The van der Waals surface area contributed by atoms with Crippen molar-refractivity contribution in [3.05, 3.63) is 182 Å². The molecule has 0 radical (unpaired) electrons. The van der Waals surface area contributed by atoms with Crippen LogP contribution >= 0.6 is 0 Å². The van der Waals surface area contributed by atoms with Gasteiger partial charge in [-0.3, -0.25) is 9.59 Å². The predicted molar refractivity (Wildman–Crippen MR) is 456 cm³/mol. The standard InChI is InChI=1S/C96H159NO8/c1-6-8-10-12-14-16-18-20-22-24-26-28-30-32-34-36-38-40-42-44-46-47-49-51-53-55-57-59-61-63-65-67-69-71-73-75-77-79-81-83-85-87-94(99)105-92(91-104-96(95(100)101)102-89-88-97(3,4)5)90-103-93(98)86-84-82-80-78-76-74-72-70-68-66-64-62-60-58-56-54-52-50-48-45-43-41-39-37-35-33-31-29-27-25-23-21-19-17-15-13-11-9-7-2/h8-11,14-17,20-23,26-29,32-35,38-41,44-46,48-49,51,92,96H,6-7,12-13,18-19,24-25,30-31,36-37,42-43,47,50,52-91H2,1-5H3/p+1/b10-8-,11-9-,16-14-,17-15-,22-20-,23-21-,28-26-,29-27-,34-32-,35-33-,40-38-,41-39-,46-44-,48-45-,51-49-. The first-order valence-corrected chi connectivity index (χ1v) is 42.9. The van der Waals surface area contributed by atoms with Crippen LogP contribution in [-0.4, -0.2) is 87.4 Å². The first-order valence-electron chi connectivity index (χ1n) is 42.9. The second-order valence-corrected chi connectivity index (χ2v) is 29.4. The van der Waals surface area contributed by atoms with E-state index in [1.54, 1.807) is 0 Å². The van der Waals surface area contributed by atoms with Gasteiger partial charge in [-0.25, -0.2) is 4.79 Å². The summed E-state index contributed by atoms with van der Waals surface area (Å²) >= 11 is 0. The van der Waals surface area contributed by atoms with E-state index in [1.165, 1.54) is 186 Å². The maximum atomic E-state index is 13.0. The van der Waals surface area contributed by atoms with Crippen LogP contribution in [0.4, 0.5) is 0 Å². The molecule has 0 amide bonds. The zero-order chi connectivity index (χ0) is 76.0. The van der Waals surface area contributed by atoms with E-state index in [9.17, 15) is 19.5 Å². The van der Waals surface area contributed by atoms with Crippen molar-refractivity contribution >= 4 is 17.9 Å². The molecular formula is C96H160NO8+. The fourth-order valence-corrected chi connectivity index (χ4v) is 11.7. The zero-order valence-electron chi connectivity index (χ0n) is 68.3. The Labute approximate surface area is 647 Å². The number of hydrogen-bond acceptors (Lipinski definition) is 7. The summed E-state index contributed by atoms with van der Waals surface area (Å²) in [5.74, 6) is -2.00. The van der Waals surface area contributed by atoms with Gasteiger partial charge in [0.1, 0.15) is 13.2 Å². The number of esters is 2. The predicted octanol–water partition coefficient (Wildman–Crippen LogP) is 28.3. The molecule has 0 heterocycles. The number of allylic oxidation sites excluding steroid dienone is 30. The molecule has 0 aromatic carbocycles. The van der Waals surface area contributed by atoms with Crippen LogP contribution in [0.1, 0.15) is 348 Å². The number of ether oxygens (including phenoxy) is 4. The van der Waals surface area contributed by atoms with Crippen molar-refractivity contribution in [3.63, 3.8) is 0 Å². The van der Waals surface area contributed by atoms with Crippen LogP contribution in [0.2, 0.25) is 0 Å². The highest BCUT2D eigenvalue weighted by atomic mass is 16.7. The second-order valence-electron chi connectivity index (χ2n) is 29.4. The second kappa shape index (κ2) is 84.0. The van der Waals surface area contributed by atoms with Crippen molar-refractivity contribution in [1.29, 1.82) is 0 Å². The van der Waals surface area contributed by atoms with Gasteiger partial charge in [0.15, 0.2) is 6.10 Å². The van der Waals surface area contributed by atoms with E-state index >= 15 is 0 Å². The van der Waals surface area contributed by atoms with Crippen LogP contribution in [0.3, 0.4) is 0 Å². The van der Waals surface area contributed by atoms with E-state index in [0.717, 1.165) is 128 Å². The number of nitrogens with zero attached hydrogens (tertiary/aromatic N) is 1.